The lowest BCUT2D eigenvalue weighted by Crippen LogP contribution is -2.30. The number of aromatic nitrogens is 3. The maximum Gasteiger partial charge on any atom is 0.251 e. The number of nitrogens with one attached hydrogen (secondary N) is 2. The maximum atomic E-state index is 12.5. The third-order valence-electron chi connectivity index (χ3n) is 5.08. The van der Waals surface area contributed by atoms with E-state index in [1.54, 1.807) is 6.07 Å². The van der Waals surface area contributed by atoms with Crippen molar-refractivity contribution in [3.8, 4) is 0 Å². The number of amides is 2. The van der Waals surface area contributed by atoms with Gasteiger partial charge in [-0.1, -0.05) is 48.5 Å². The van der Waals surface area contributed by atoms with Crippen molar-refractivity contribution in [3.05, 3.63) is 81.9 Å². The van der Waals surface area contributed by atoms with Gasteiger partial charge in [-0.2, -0.15) is 5.10 Å². The van der Waals surface area contributed by atoms with E-state index in [0.717, 1.165) is 11.1 Å². The van der Waals surface area contributed by atoms with Crippen molar-refractivity contribution in [2.75, 3.05) is 0 Å². The molecule has 7 nitrogen and oxygen atoms in total. The van der Waals surface area contributed by atoms with Gasteiger partial charge >= 0.3 is 0 Å². The van der Waals surface area contributed by atoms with Gasteiger partial charge in [0.05, 0.1) is 12.6 Å². The van der Waals surface area contributed by atoms with Gasteiger partial charge in [0.2, 0.25) is 5.91 Å². The molecule has 3 rings (SSSR count). The highest BCUT2D eigenvalue weighted by Crippen LogP contribution is 2.11. The van der Waals surface area contributed by atoms with Gasteiger partial charge < -0.3 is 15.2 Å². The van der Waals surface area contributed by atoms with Crippen LogP contribution >= 0.6 is 12.2 Å². The monoisotopic (exact) mass is 437 g/mol. The standard InChI is InChI=1S/C23H27N5O2S/c1-4-27-20(14-24-22(30)19-13-9-8-10-16(19)2)26-28(23(27)31)15-21(29)25-17(3)18-11-6-5-7-12-18/h5-13,17H,4,14-15H2,1-3H3,(H,24,30)(H,25,29)/t17-/m1/s1. The van der Waals surface area contributed by atoms with E-state index >= 15 is 0 Å². The van der Waals surface area contributed by atoms with Crippen molar-refractivity contribution in [1.82, 2.24) is 25.0 Å². The minimum atomic E-state index is -0.177. The topological polar surface area (TPSA) is 81.0 Å². The normalized spacial score (nSPS) is 11.7. The van der Waals surface area contributed by atoms with E-state index in [2.05, 4.69) is 15.7 Å². The van der Waals surface area contributed by atoms with Crippen molar-refractivity contribution in [2.45, 2.75) is 46.4 Å². The first kappa shape index (κ1) is 22.4. The molecule has 1 aromatic heterocycles. The van der Waals surface area contributed by atoms with E-state index in [1.807, 2.05) is 73.9 Å². The Bertz CT molecular complexity index is 1120. The number of benzene rings is 2. The molecule has 31 heavy (non-hydrogen) atoms. The molecule has 2 aromatic carbocycles. The highest BCUT2D eigenvalue weighted by Gasteiger charge is 2.16. The van der Waals surface area contributed by atoms with Gasteiger partial charge in [0.25, 0.3) is 5.91 Å². The van der Waals surface area contributed by atoms with Crippen LogP contribution in [0, 0.1) is 11.7 Å². The third kappa shape index (κ3) is 5.46. The smallest absolute Gasteiger partial charge is 0.251 e. The average Bonchev–Trinajstić information content (AvgIpc) is 3.07. The van der Waals surface area contributed by atoms with Gasteiger partial charge in [0.1, 0.15) is 6.54 Å². The summed E-state index contributed by atoms with van der Waals surface area (Å²) in [4.78, 5) is 25.1. The molecule has 162 valence electrons. The molecular formula is C23H27N5O2S. The van der Waals surface area contributed by atoms with Crippen molar-refractivity contribution >= 4 is 24.0 Å². The quantitative estimate of drug-likeness (QED) is 0.528. The molecule has 1 heterocycles. The highest BCUT2D eigenvalue weighted by molar-refractivity contribution is 7.71. The summed E-state index contributed by atoms with van der Waals surface area (Å²) < 4.78 is 3.77. The van der Waals surface area contributed by atoms with Crippen molar-refractivity contribution in [2.24, 2.45) is 0 Å². The van der Waals surface area contributed by atoms with Gasteiger partial charge in [-0.3, -0.25) is 9.59 Å². The van der Waals surface area contributed by atoms with E-state index < -0.39 is 0 Å². The molecule has 8 heteroatoms. The van der Waals surface area contributed by atoms with Crippen LogP contribution in [-0.2, 0) is 24.4 Å². The van der Waals surface area contributed by atoms with Crippen LogP contribution in [0.2, 0.25) is 0 Å². The Morgan fingerprint density at radius 1 is 1.10 bits per heavy atom. The van der Waals surface area contributed by atoms with E-state index in [9.17, 15) is 9.59 Å². The second-order valence-corrected chi connectivity index (χ2v) is 7.66. The zero-order valence-electron chi connectivity index (χ0n) is 18.0. The first-order valence-corrected chi connectivity index (χ1v) is 10.7. The van der Waals surface area contributed by atoms with E-state index in [0.29, 0.717) is 22.7 Å². The maximum absolute atomic E-state index is 12.5. The van der Waals surface area contributed by atoms with Crippen molar-refractivity contribution in [3.63, 3.8) is 0 Å². The van der Waals surface area contributed by atoms with E-state index in [1.165, 1.54) is 4.68 Å². The average molecular weight is 438 g/mol. The Kier molecular flexibility index (Phi) is 7.36. The Balaban J connectivity index is 1.67. The number of aryl methyl sites for hydroxylation is 1. The number of nitrogens with zero attached hydrogens (tertiary/aromatic N) is 3. The summed E-state index contributed by atoms with van der Waals surface area (Å²) in [6.07, 6.45) is 0. The molecule has 2 N–H and O–H groups in total. The molecule has 0 radical (unpaired) electrons. The molecule has 0 spiro atoms. The molecule has 0 aliphatic rings. The third-order valence-corrected chi connectivity index (χ3v) is 5.51. The fraction of sp³-hybridized carbons (Fsp3) is 0.304. The Labute approximate surface area is 187 Å². The second-order valence-electron chi connectivity index (χ2n) is 7.30. The van der Waals surface area contributed by atoms with Crippen LogP contribution in [-0.4, -0.2) is 26.2 Å². The minimum absolute atomic E-state index is 0.0156. The Morgan fingerprint density at radius 3 is 2.45 bits per heavy atom. The van der Waals surface area contributed by atoms with Crippen LogP contribution in [0.4, 0.5) is 0 Å². The minimum Gasteiger partial charge on any atom is -0.348 e. The number of carbonyl (C=O) groups excluding carboxylic acids is 2. The zero-order chi connectivity index (χ0) is 22.4. The predicted molar refractivity (Wildman–Crippen MR) is 122 cm³/mol. The Hall–Kier alpha value is -3.26. The lowest BCUT2D eigenvalue weighted by molar-refractivity contribution is -0.122. The van der Waals surface area contributed by atoms with Crippen LogP contribution in [0.25, 0.3) is 0 Å². The molecule has 3 aromatic rings. The molecule has 0 aliphatic carbocycles. The van der Waals surface area contributed by atoms with E-state index in [-0.39, 0.29) is 30.9 Å². The molecule has 0 aliphatic heterocycles. The van der Waals surface area contributed by atoms with Crippen LogP contribution < -0.4 is 10.6 Å². The molecule has 0 fully saturated rings. The van der Waals surface area contributed by atoms with Crippen LogP contribution in [0.5, 0.6) is 0 Å². The number of hydrogen-bond acceptors (Lipinski definition) is 4. The molecule has 2 amide bonds. The summed E-state index contributed by atoms with van der Waals surface area (Å²) in [6, 6.07) is 17.0. The summed E-state index contributed by atoms with van der Waals surface area (Å²) in [6.45, 7) is 6.61. The van der Waals surface area contributed by atoms with Gasteiger partial charge in [-0.05, 0) is 50.2 Å². The first-order valence-electron chi connectivity index (χ1n) is 10.2. The van der Waals surface area contributed by atoms with Gasteiger partial charge in [-0.25, -0.2) is 4.68 Å². The Morgan fingerprint density at radius 2 is 1.77 bits per heavy atom. The van der Waals surface area contributed by atoms with Crippen LogP contribution in [0.1, 0.15) is 47.2 Å². The lowest BCUT2D eigenvalue weighted by atomic mass is 10.1. The first-order chi connectivity index (χ1) is 14.9. The molecule has 1 atom stereocenters. The number of hydrogen-bond donors (Lipinski definition) is 2. The fourth-order valence-corrected chi connectivity index (χ4v) is 3.71. The van der Waals surface area contributed by atoms with Gasteiger partial charge in [-0.15, -0.1) is 0 Å². The summed E-state index contributed by atoms with van der Waals surface area (Å²) in [5, 5.41) is 10.4. The summed E-state index contributed by atoms with van der Waals surface area (Å²) >= 11 is 5.50. The molecule has 0 unspecified atom stereocenters. The van der Waals surface area contributed by atoms with Crippen LogP contribution in [0.15, 0.2) is 54.6 Å². The van der Waals surface area contributed by atoms with Crippen molar-refractivity contribution in [1.29, 1.82) is 0 Å². The number of carbonyl (C=O) groups is 2. The number of rotatable bonds is 8. The summed E-state index contributed by atoms with van der Waals surface area (Å²) in [5.41, 5.74) is 2.55. The molecular weight excluding hydrogens is 410 g/mol. The lowest BCUT2D eigenvalue weighted by Gasteiger charge is -2.14. The predicted octanol–water partition coefficient (Wildman–Crippen LogP) is 3.55. The second kappa shape index (κ2) is 10.2. The van der Waals surface area contributed by atoms with Crippen molar-refractivity contribution < 1.29 is 9.59 Å². The zero-order valence-corrected chi connectivity index (χ0v) is 18.8. The van der Waals surface area contributed by atoms with Crippen LogP contribution in [0.3, 0.4) is 0 Å². The molecule has 0 saturated carbocycles. The SMILES string of the molecule is CCn1c(CNC(=O)c2ccccc2C)nn(CC(=O)N[C@H](C)c2ccccc2)c1=S. The summed E-state index contributed by atoms with van der Waals surface area (Å²) in [5.74, 6) is 0.262. The summed E-state index contributed by atoms with van der Waals surface area (Å²) in [7, 11) is 0. The molecule has 0 bridgehead atoms. The highest BCUT2D eigenvalue weighted by atomic mass is 32.1. The van der Waals surface area contributed by atoms with E-state index in [4.69, 9.17) is 12.2 Å². The van der Waals surface area contributed by atoms with Gasteiger partial charge in [0.15, 0.2) is 10.6 Å². The molecule has 0 saturated heterocycles. The largest absolute Gasteiger partial charge is 0.348 e. The van der Waals surface area contributed by atoms with Gasteiger partial charge in [0, 0.05) is 12.1 Å². The fourth-order valence-electron chi connectivity index (χ4n) is 3.37.